The van der Waals surface area contributed by atoms with E-state index in [2.05, 4.69) is 18.4 Å². The molecule has 4 nitrogen and oxygen atoms in total. The van der Waals surface area contributed by atoms with E-state index in [9.17, 15) is 8.42 Å². The Morgan fingerprint density at radius 3 is 2.40 bits per heavy atom. The molecule has 0 aliphatic heterocycles. The molecule has 1 rings (SSSR count). The van der Waals surface area contributed by atoms with Gasteiger partial charge in [0.1, 0.15) is 6.61 Å². The molecule has 0 amide bonds. The third-order valence-electron chi connectivity index (χ3n) is 2.56. The van der Waals surface area contributed by atoms with Crippen LogP contribution in [0.15, 0.2) is 41.3 Å². The Hall–Kier alpha value is -1.61. The maximum Gasteiger partial charge on any atom is 0.244 e. The number of aliphatic hydroxyl groups is 1. The standard InChI is InChI=1S/C15H19NO3S/c1-13(2)12-16(10-4-5-11-17)20(18,19)15-8-6-14(3)7-9-15/h6-9,17H,1,10-12H2,2-3H3. The van der Waals surface area contributed by atoms with Gasteiger partial charge in [0.05, 0.1) is 11.4 Å². The second kappa shape index (κ2) is 7.25. The van der Waals surface area contributed by atoms with Gasteiger partial charge in [0.15, 0.2) is 0 Å². The number of hydrogen-bond donors (Lipinski definition) is 1. The molecule has 0 saturated heterocycles. The highest BCUT2D eigenvalue weighted by molar-refractivity contribution is 7.89. The summed E-state index contributed by atoms with van der Waals surface area (Å²) in [5.74, 6) is 5.09. The van der Waals surface area contributed by atoms with E-state index < -0.39 is 10.0 Å². The lowest BCUT2D eigenvalue weighted by atomic mass is 10.2. The maximum atomic E-state index is 12.5. The monoisotopic (exact) mass is 293 g/mol. The summed E-state index contributed by atoms with van der Waals surface area (Å²) in [5.41, 5.74) is 1.72. The molecule has 0 unspecified atom stereocenters. The molecule has 0 bridgehead atoms. The van der Waals surface area contributed by atoms with Crippen LogP contribution in [-0.2, 0) is 10.0 Å². The van der Waals surface area contributed by atoms with Crippen molar-refractivity contribution in [2.45, 2.75) is 18.7 Å². The van der Waals surface area contributed by atoms with Crippen LogP contribution in [0.1, 0.15) is 12.5 Å². The number of rotatable bonds is 5. The fraction of sp³-hybridized carbons (Fsp3) is 0.333. The summed E-state index contributed by atoms with van der Waals surface area (Å²) in [7, 11) is -3.60. The first-order valence-corrected chi connectivity index (χ1v) is 7.59. The quantitative estimate of drug-likeness (QED) is 0.662. The van der Waals surface area contributed by atoms with Gasteiger partial charge in [0.25, 0.3) is 0 Å². The summed E-state index contributed by atoms with van der Waals surface area (Å²) in [6, 6.07) is 6.67. The average molecular weight is 293 g/mol. The van der Waals surface area contributed by atoms with Crippen molar-refractivity contribution < 1.29 is 13.5 Å². The van der Waals surface area contributed by atoms with Crippen LogP contribution in [0.4, 0.5) is 0 Å². The molecule has 1 aromatic rings. The summed E-state index contributed by atoms with van der Waals surface area (Å²) in [6.07, 6.45) is 0. The number of aryl methyl sites for hydroxylation is 1. The zero-order valence-electron chi connectivity index (χ0n) is 11.8. The highest BCUT2D eigenvalue weighted by atomic mass is 32.2. The Labute approximate surface area is 120 Å². The summed E-state index contributed by atoms with van der Waals surface area (Å²) in [5, 5.41) is 8.65. The highest BCUT2D eigenvalue weighted by Gasteiger charge is 2.23. The Kier molecular flexibility index (Phi) is 5.96. The zero-order chi connectivity index (χ0) is 15.2. The van der Waals surface area contributed by atoms with Crippen molar-refractivity contribution in [1.82, 2.24) is 4.31 Å². The molecule has 0 aliphatic carbocycles. The van der Waals surface area contributed by atoms with E-state index >= 15 is 0 Å². The zero-order valence-corrected chi connectivity index (χ0v) is 12.6. The predicted molar refractivity (Wildman–Crippen MR) is 79.6 cm³/mol. The van der Waals surface area contributed by atoms with Gasteiger partial charge in [-0.3, -0.25) is 0 Å². The van der Waals surface area contributed by atoms with Crippen LogP contribution in [0, 0.1) is 18.8 Å². The first kappa shape index (κ1) is 16.4. The van der Waals surface area contributed by atoms with Gasteiger partial charge in [-0.25, -0.2) is 8.42 Å². The van der Waals surface area contributed by atoms with Crippen LogP contribution in [0.5, 0.6) is 0 Å². The second-order valence-electron chi connectivity index (χ2n) is 4.55. The highest BCUT2D eigenvalue weighted by Crippen LogP contribution is 2.17. The second-order valence-corrected chi connectivity index (χ2v) is 6.49. The molecule has 0 atom stereocenters. The van der Waals surface area contributed by atoms with Crippen molar-refractivity contribution in [3.8, 4) is 11.8 Å². The fourth-order valence-electron chi connectivity index (χ4n) is 1.59. The number of sulfonamides is 1. The molecular weight excluding hydrogens is 274 g/mol. The molecule has 1 aromatic carbocycles. The lowest BCUT2D eigenvalue weighted by molar-refractivity contribution is 0.350. The summed E-state index contributed by atoms with van der Waals surface area (Å²) in [6.45, 7) is 7.35. The van der Waals surface area contributed by atoms with Gasteiger partial charge in [-0.05, 0) is 26.0 Å². The first-order chi connectivity index (χ1) is 9.37. The Balaban J connectivity index is 3.09. The number of nitrogens with zero attached hydrogens (tertiary/aromatic N) is 1. The van der Waals surface area contributed by atoms with Crippen LogP contribution >= 0.6 is 0 Å². The van der Waals surface area contributed by atoms with Crippen molar-refractivity contribution in [3.05, 3.63) is 42.0 Å². The van der Waals surface area contributed by atoms with E-state index in [0.717, 1.165) is 11.1 Å². The van der Waals surface area contributed by atoms with E-state index in [1.54, 1.807) is 31.2 Å². The SMILES string of the molecule is C=C(C)CN(CC#CCO)S(=O)(=O)c1ccc(C)cc1. The Bertz CT molecular complexity index is 621. The molecule has 0 aliphatic rings. The van der Waals surface area contributed by atoms with Gasteiger partial charge >= 0.3 is 0 Å². The minimum atomic E-state index is -3.60. The minimum absolute atomic E-state index is 0.0314. The van der Waals surface area contributed by atoms with Crippen molar-refractivity contribution in [3.63, 3.8) is 0 Å². The van der Waals surface area contributed by atoms with E-state index in [0.29, 0.717) is 0 Å². The van der Waals surface area contributed by atoms with Gasteiger partial charge in [-0.2, -0.15) is 4.31 Å². The molecule has 5 heteroatoms. The smallest absolute Gasteiger partial charge is 0.244 e. The van der Waals surface area contributed by atoms with Gasteiger partial charge in [0.2, 0.25) is 10.0 Å². The van der Waals surface area contributed by atoms with E-state index in [4.69, 9.17) is 5.11 Å². The normalized spacial score (nSPS) is 11.0. The Morgan fingerprint density at radius 2 is 1.90 bits per heavy atom. The van der Waals surface area contributed by atoms with Crippen molar-refractivity contribution in [2.24, 2.45) is 0 Å². The van der Waals surface area contributed by atoms with E-state index in [1.807, 2.05) is 6.92 Å². The molecule has 0 radical (unpaired) electrons. The maximum absolute atomic E-state index is 12.5. The minimum Gasteiger partial charge on any atom is -0.384 e. The Morgan fingerprint density at radius 1 is 1.30 bits per heavy atom. The third-order valence-corrected chi connectivity index (χ3v) is 4.37. The van der Waals surface area contributed by atoms with Crippen molar-refractivity contribution in [2.75, 3.05) is 19.7 Å². The fourth-order valence-corrected chi connectivity index (χ4v) is 2.99. The summed E-state index contributed by atoms with van der Waals surface area (Å²) >= 11 is 0. The molecule has 0 spiro atoms. The lowest BCUT2D eigenvalue weighted by Gasteiger charge is -2.20. The molecule has 20 heavy (non-hydrogen) atoms. The molecule has 0 aromatic heterocycles. The van der Waals surface area contributed by atoms with Gasteiger partial charge < -0.3 is 5.11 Å². The molecule has 1 N–H and O–H groups in total. The molecule has 0 saturated carbocycles. The van der Waals surface area contributed by atoms with Crippen LogP contribution in [-0.4, -0.2) is 37.5 Å². The van der Waals surface area contributed by atoms with Crippen LogP contribution in [0.3, 0.4) is 0 Å². The average Bonchev–Trinajstić information content (AvgIpc) is 2.38. The van der Waals surface area contributed by atoms with Gasteiger partial charge in [0, 0.05) is 6.54 Å². The number of aliphatic hydroxyl groups excluding tert-OH is 1. The summed E-state index contributed by atoms with van der Waals surface area (Å²) < 4.78 is 26.3. The van der Waals surface area contributed by atoms with Crippen molar-refractivity contribution in [1.29, 1.82) is 0 Å². The first-order valence-electron chi connectivity index (χ1n) is 6.15. The molecule has 0 heterocycles. The molecule has 108 valence electrons. The van der Waals surface area contributed by atoms with Crippen LogP contribution in [0.25, 0.3) is 0 Å². The van der Waals surface area contributed by atoms with Crippen LogP contribution < -0.4 is 0 Å². The van der Waals surface area contributed by atoms with Gasteiger partial charge in [-0.15, -0.1) is 0 Å². The third kappa shape index (κ3) is 4.49. The van der Waals surface area contributed by atoms with E-state index in [-0.39, 0.29) is 24.6 Å². The predicted octanol–water partition coefficient (Wildman–Crippen LogP) is 1.56. The lowest BCUT2D eigenvalue weighted by Crippen LogP contribution is -2.33. The topological polar surface area (TPSA) is 57.6 Å². The molecule has 0 fully saturated rings. The van der Waals surface area contributed by atoms with Crippen molar-refractivity contribution >= 4 is 10.0 Å². The number of hydrogen-bond acceptors (Lipinski definition) is 3. The van der Waals surface area contributed by atoms with Crippen LogP contribution in [0.2, 0.25) is 0 Å². The van der Waals surface area contributed by atoms with E-state index in [1.165, 1.54) is 4.31 Å². The number of benzene rings is 1. The molecular formula is C15H19NO3S. The largest absolute Gasteiger partial charge is 0.384 e. The summed E-state index contributed by atoms with van der Waals surface area (Å²) in [4.78, 5) is 0.232. The van der Waals surface area contributed by atoms with Gasteiger partial charge in [-0.1, -0.05) is 41.7 Å².